The van der Waals surface area contributed by atoms with E-state index in [1.165, 1.54) is 23.0 Å². The first-order valence-electron chi connectivity index (χ1n) is 6.72. The molecule has 0 bridgehead atoms. The molecule has 0 atom stereocenters. The molecule has 0 aliphatic heterocycles. The SMILES string of the molecule is CC(C)c1nn(-c2ccc(C(F)(F)F)cn2)cc1C=CC(=O)O. The lowest BCUT2D eigenvalue weighted by Crippen LogP contribution is -2.07. The normalized spacial score (nSPS) is 12.3. The number of aromatic nitrogens is 3. The molecule has 1 N–H and O–H groups in total. The third-order valence-corrected chi connectivity index (χ3v) is 3.03. The molecule has 5 nitrogen and oxygen atoms in total. The number of nitrogens with zero attached hydrogens (tertiary/aromatic N) is 3. The highest BCUT2D eigenvalue weighted by molar-refractivity contribution is 5.85. The van der Waals surface area contributed by atoms with Gasteiger partial charge in [-0.3, -0.25) is 0 Å². The second-order valence-corrected chi connectivity index (χ2v) is 5.14. The van der Waals surface area contributed by atoms with Gasteiger partial charge in [-0.2, -0.15) is 18.3 Å². The van der Waals surface area contributed by atoms with Gasteiger partial charge in [-0.1, -0.05) is 13.8 Å². The number of pyridine rings is 1. The molecular formula is C15H14F3N3O2. The molecule has 0 spiro atoms. The van der Waals surface area contributed by atoms with Crippen molar-refractivity contribution in [2.24, 2.45) is 0 Å². The minimum atomic E-state index is -4.45. The maximum atomic E-state index is 12.5. The number of carbonyl (C=O) groups is 1. The molecule has 0 saturated heterocycles. The fourth-order valence-corrected chi connectivity index (χ4v) is 1.95. The van der Waals surface area contributed by atoms with Crippen molar-refractivity contribution in [2.75, 3.05) is 0 Å². The van der Waals surface area contributed by atoms with E-state index in [0.717, 1.165) is 18.3 Å². The third-order valence-electron chi connectivity index (χ3n) is 3.03. The molecule has 2 aromatic rings. The van der Waals surface area contributed by atoms with Gasteiger partial charge in [-0.05, 0) is 24.1 Å². The zero-order chi connectivity index (χ0) is 17.2. The average molecular weight is 325 g/mol. The number of rotatable bonds is 4. The first kappa shape index (κ1) is 16.7. The van der Waals surface area contributed by atoms with E-state index in [-0.39, 0.29) is 11.7 Å². The molecule has 0 saturated carbocycles. The van der Waals surface area contributed by atoms with Crippen molar-refractivity contribution in [3.05, 3.63) is 47.4 Å². The molecule has 0 aliphatic carbocycles. The number of aliphatic carboxylic acids is 1. The Hall–Kier alpha value is -2.64. The first-order valence-corrected chi connectivity index (χ1v) is 6.72. The van der Waals surface area contributed by atoms with E-state index in [1.54, 1.807) is 0 Å². The highest BCUT2D eigenvalue weighted by Gasteiger charge is 2.30. The van der Waals surface area contributed by atoms with Crippen molar-refractivity contribution in [1.82, 2.24) is 14.8 Å². The summed E-state index contributed by atoms with van der Waals surface area (Å²) in [5.41, 5.74) is 0.358. The third kappa shape index (κ3) is 3.97. The Bertz CT molecular complexity index is 731. The molecule has 0 aliphatic rings. The lowest BCUT2D eigenvalue weighted by atomic mass is 10.1. The quantitative estimate of drug-likeness (QED) is 0.874. The second-order valence-electron chi connectivity index (χ2n) is 5.14. The molecule has 0 unspecified atom stereocenters. The number of alkyl halides is 3. The Morgan fingerprint density at radius 3 is 2.52 bits per heavy atom. The first-order chi connectivity index (χ1) is 10.7. The Kier molecular flexibility index (Phi) is 4.53. The summed E-state index contributed by atoms with van der Waals surface area (Å²) in [6, 6.07) is 2.14. The fourth-order valence-electron chi connectivity index (χ4n) is 1.95. The van der Waals surface area contributed by atoms with Crippen LogP contribution in [0.25, 0.3) is 11.9 Å². The smallest absolute Gasteiger partial charge is 0.417 e. The van der Waals surface area contributed by atoms with Gasteiger partial charge < -0.3 is 5.11 Å². The van der Waals surface area contributed by atoms with Gasteiger partial charge in [0, 0.05) is 24.0 Å². The van der Waals surface area contributed by atoms with E-state index < -0.39 is 17.7 Å². The largest absolute Gasteiger partial charge is 0.478 e. The number of carboxylic acid groups (broad SMARTS) is 1. The number of hydrogen-bond acceptors (Lipinski definition) is 3. The minimum absolute atomic E-state index is 0.0131. The Labute approximate surface area is 130 Å². The van der Waals surface area contributed by atoms with Crippen molar-refractivity contribution in [3.8, 4) is 5.82 Å². The van der Waals surface area contributed by atoms with E-state index in [2.05, 4.69) is 10.1 Å². The minimum Gasteiger partial charge on any atom is -0.478 e. The molecule has 122 valence electrons. The molecule has 0 amide bonds. The molecule has 0 radical (unpaired) electrons. The van der Waals surface area contributed by atoms with E-state index >= 15 is 0 Å². The standard InChI is InChI=1S/C15H14F3N3O2/c1-9(2)14-10(3-6-13(22)23)8-21(20-14)12-5-4-11(7-19-12)15(16,17)18/h3-9H,1-2H3,(H,22,23). The molecule has 23 heavy (non-hydrogen) atoms. The van der Waals surface area contributed by atoms with Crippen LogP contribution >= 0.6 is 0 Å². The molecular weight excluding hydrogens is 311 g/mol. The zero-order valence-corrected chi connectivity index (χ0v) is 12.4. The lowest BCUT2D eigenvalue weighted by molar-refractivity contribution is -0.137. The Balaban J connectivity index is 2.40. The van der Waals surface area contributed by atoms with Crippen molar-refractivity contribution in [2.45, 2.75) is 25.9 Å². The molecule has 2 heterocycles. The van der Waals surface area contributed by atoms with Gasteiger partial charge in [0.2, 0.25) is 0 Å². The van der Waals surface area contributed by atoms with Crippen LogP contribution in [0, 0.1) is 0 Å². The van der Waals surface area contributed by atoms with Gasteiger partial charge in [0.15, 0.2) is 5.82 Å². The number of carboxylic acids is 1. The van der Waals surface area contributed by atoms with Crippen LogP contribution in [0.1, 0.15) is 36.6 Å². The fraction of sp³-hybridized carbons (Fsp3) is 0.267. The average Bonchev–Trinajstić information content (AvgIpc) is 2.88. The lowest BCUT2D eigenvalue weighted by Gasteiger charge is -2.06. The summed E-state index contributed by atoms with van der Waals surface area (Å²) in [5, 5.41) is 13.0. The molecule has 0 fully saturated rings. The predicted octanol–water partition coefficient (Wildman–Crippen LogP) is 3.51. The number of halogens is 3. The summed E-state index contributed by atoms with van der Waals surface area (Å²) in [4.78, 5) is 14.4. The van der Waals surface area contributed by atoms with Gasteiger partial charge >= 0.3 is 12.1 Å². The number of hydrogen-bond donors (Lipinski definition) is 1. The maximum absolute atomic E-state index is 12.5. The van der Waals surface area contributed by atoms with Crippen LogP contribution in [-0.2, 0) is 11.0 Å². The summed E-state index contributed by atoms with van der Waals surface area (Å²) in [6.07, 6.45) is 0.190. The van der Waals surface area contributed by atoms with E-state index in [4.69, 9.17) is 5.11 Å². The van der Waals surface area contributed by atoms with Crippen molar-refractivity contribution in [3.63, 3.8) is 0 Å². The monoisotopic (exact) mass is 325 g/mol. The molecule has 8 heteroatoms. The van der Waals surface area contributed by atoms with Crippen molar-refractivity contribution < 1.29 is 23.1 Å². The summed E-state index contributed by atoms with van der Waals surface area (Å²) >= 11 is 0. The van der Waals surface area contributed by atoms with Gasteiger partial charge in [0.05, 0.1) is 11.3 Å². The van der Waals surface area contributed by atoms with Crippen molar-refractivity contribution >= 4 is 12.0 Å². The Morgan fingerprint density at radius 1 is 1.35 bits per heavy atom. The van der Waals surface area contributed by atoms with Crippen LogP contribution < -0.4 is 0 Å². The van der Waals surface area contributed by atoms with Crippen LogP contribution in [0.2, 0.25) is 0 Å². The summed E-state index contributed by atoms with van der Waals surface area (Å²) < 4.78 is 39.0. The zero-order valence-electron chi connectivity index (χ0n) is 12.4. The molecule has 0 aromatic carbocycles. The van der Waals surface area contributed by atoms with Gasteiger partial charge in [-0.25, -0.2) is 14.5 Å². The summed E-state index contributed by atoms with van der Waals surface area (Å²) in [5.74, 6) is -0.867. The van der Waals surface area contributed by atoms with E-state index in [1.807, 2.05) is 13.8 Å². The van der Waals surface area contributed by atoms with E-state index in [0.29, 0.717) is 11.3 Å². The van der Waals surface area contributed by atoms with E-state index in [9.17, 15) is 18.0 Å². The van der Waals surface area contributed by atoms with Crippen LogP contribution in [0.3, 0.4) is 0 Å². The van der Waals surface area contributed by atoms with Crippen LogP contribution in [0.15, 0.2) is 30.6 Å². The topological polar surface area (TPSA) is 68.0 Å². The summed E-state index contributed by atoms with van der Waals surface area (Å²) in [6.45, 7) is 3.76. The molecule has 2 rings (SSSR count). The Morgan fingerprint density at radius 2 is 2.04 bits per heavy atom. The van der Waals surface area contributed by atoms with Gasteiger partial charge in [0.25, 0.3) is 0 Å². The van der Waals surface area contributed by atoms with Gasteiger partial charge in [-0.15, -0.1) is 0 Å². The van der Waals surface area contributed by atoms with Crippen LogP contribution in [-0.4, -0.2) is 25.8 Å². The van der Waals surface area contributed by atoms with Crippen LogP contribution in [0.5, 0.6) is 0 Å². The van der Waals surface area contributed by atoms with Gasteiger partial charge in [0.1, 0.15) is 0 Å². The highest BCUT2D eigenvalue weighted by atomic mass is 19.4. The maximum Gasteiger partial charge on any atom is 0.417 e. The summed E-state index contributed by atoms with van der Waals surface area (Å²) in [7, 11) is 0. The van der Waals surface area contributed by atoms with Crippen molar-refractivity contribution in [1.29, 1.82) is 0 Å². The van der Waals surface area contributed by atoms with Crippen LogP contribution in [0.4, 0.5) is 13.2 Å². The molecule has 2 aromatic heterocycles. The highest BCUT2D eigenvalue weighted by Crippen LogP contribution is 2.29. The second kappa shape index (κ2) is 6.23. The predicted molar refractivity (Wildman–Crippen MR) is 77.1 cm³/mol.